The van der Waals surface area contributed by atoms with E-state index in [0.717, 1.165) is 25.2 Å². The summed E-state index contributed by atoms with van der Waals surface area (Å²) in [5.74, 6) is 0.314. The first kappa shape index (κ1) is 22.3. The van der Waals surface area contributed by atoms with Gasteiger partial charge < -0.3 is 4.74 Å². The second-order valence-electron chi connectivity index (χ2n) is 8.42. The fourth-order valence-electron chi connectivity index (χ4n) is 4.40. The third-order valence-electron chi connectivity index (χ3n) is 6.17. The van der Waals surface area contributed by atoms with E-state index in [1.165, 1.54) is 15.4 Å². The normalized spacial score (nSPS) is 17.4. The lowest BCUT2D eigenvalue weighted by molar-refractivity contribution is 0.185. The Bertz CT molecular complexity index is 1130. The highest BCUT2D eigenvalue weighted by molar-refractivity contribution is 7.89. The van der Waals surface area contributed by atoms with Gasteiger partial charge >= 0.3 is 0 Å². The number of hydrogen-bond donors (Lipinski definition) is 0. The van der Waals surface area contributed by atoms with Crippen LogP contribution in [0.15, 0.2) is 42.5 Å². The zero-order valence-corrected chi connectivity index (χ0v) is 18.7. The molecule has 0 aliphatic carbocycles. The molecule has 2 aliphatic heterocycles. The highest BCUT2D eigenvalue weighted by atomic mass is 32.2. The van der Waals surface area contributed by atoms with Gasteiger partial charge in [0.2, 0.25) is 10.0 Å². The molecule has 166 valence electrons. The number of nitriles is 2. The van der Waals surface area contributed by atoms with Gasteiger partial charge in [-0.3, -0.25) is 4.90 Å². The first-order valence-corrected chi connectivity index (χ1v) is 12.4. The maximum Gasteiger partial charge on any atom is 0.227 e. The van der Waals surface area contributed by atoms with Crippen LogP contribution < -0.4 is 4.74 Å². The van der Waals surface area contributed by atoms with E-state index in [1.807, 2.05) is 18.2 Å². The van der Waals surface area contributed by atoms with Crippen molar-refractivity contribution in [2.24, 2.45) is 5.92 Å². The Labute approximate surface area is 189 Å². The topological polar surface area (TPSA) is 97.4 Å². The van der Waals surface area contributed by atoms with Crippen molar-refractivity contribution in [2.75, 3.05) is 25.4 Å². The molecule has 1 fully saturated rings. The van der Waals surface area contributed by atoms with Crippen molar-refractivity contribution >= 4 is 10.0 Å². The van der Waals surface area contributed by atoms with Gasteiger partial charge in [0.25, 0.3) is 0 Å². The number of sulfonamides is 1. The number of benzene rings is 2. The summed E-state index contributed by atoms with van der Waals surface area (Å²) in [7, 11) is -3.48. The molecule has 0 aromatic heterocycles. The zero-order chi connectivity index (χ0) is 22.6. The Balaban J connectivity index is 1.31. The number of nitrogens with zero attached hydrogens (tertiary/aromatic N) is 4. The minimum absolute atomic E-state index is 0.220. The Morgan fingerprint density at radius 2 is 1.72 bits per heavy atom. The van der Waals surface area contributed by atoms with E-state index in [2.05, 4.69) is 35.2 Å². The lowest BCUT2D eigenvalue weighted by Crippen LogP contribution is -2.40. The molecule has 0 bridgehead atoms. The van der Waals surface area contributed by atoms with Gasteiger partial charge in [0.1, 0.15) is 11.8 Å². The quantitative estimate of drug-likeness (QED) is 0.643. The lowest BCUT2D eigenvalue weighted by atomic mass is 9.99. The second kappa shape index (κ2) is 9.70. The average Bonchev–Trinajstić information content (AvgIpc) is 3.20. The predicted molar refractivity (Wildman–Crippen MR) is 120 cm³/mol. The molecular weight excluding hydrogens is 424 g/mol. The van der Waals surface area contributed by atoms with E-state index >= 15 is 0 Å². The molecule has 0 unspecified atom stereocenters. The molecule has 0 amide bonds. The number of piperidine rings is 1. The van der Waals surface area contributed by atoms with Crippen molar-refractivity contribution in [1.29, 1.82) is 10.5 Å². The third-order valence-corrected chi connectivity index (χ3v) is 7.81. The van der Waals surface area contributed by atoms with Gasteiger partial charge in [0, 0.05) is 32.7 Å². The van der Waals surface area contributed by atoms with Gasteiger partial charge in [-0.15, -0.1) is 0 Å². The van der Waals surface area contributed by atoms with E-state index < -0.39 is 15.8 Å². The van der Waals surface area contributed by atoms with Gasteiger partial charge in [-0.1, -0.05) is 30.3 Å². The molecule has 0 atom stereocenters. The summed E-state index contributed by atoms with van der Waals surface area (Å²) in [6.07, 6.45) is 1.36. The molecule has 2 aromatic carbocycles. The molecule has 2 aromatic rings. The molecule has 1 saturated heterocycles. The van der Waals surface area contributed by atoms with Gasteiger partial charge in [-0.2, -0.15) is 10.5 Å². The molecule has 0 radical (unpaired) electrons. The largest absolute Gasteiger partial charge is 0.492 e. The van der Waals surface area contributed by atoms with Crippen LogP contribution in [0.5, 0.6) is 5.75 Å². The Hall–Kier alpha value is -2.91. The molecule has 0 spiro atoms. The average molecular weight is 451 g/mol. The van der Waals surface area contributed by atoms with E-state index in [0.29, 0.717) is 43.9 Å². The van der Waals surface area contributed by atoms with Crippen LogP contribution in [0.25, 0.3) is 0 Å². The SMILES string of the molecule is N#CCS(=O)(=O)N1CCC(COc2ccc(CN3Cc4ccccc4C3)cc2C#N)CC1. The summed E-state index contributed by atoms with van der Waals surface area (Å²) in [4.78, 5) is 2.36. The van der Waals surface area contributed by atoms with Crippen molar-refractivity contribution in [3.05, 3.63) is 64.7 Å². The summed E-state index contributed by atoms with van der Waals surface area (Å²) < 4.78 is 31.4. The van der Waals surface area contributed by atoms with E-state index in [-0.39, 0.29) is 5.92 Å². The van der Waals surface area contributed by atoms with Crippen molar-refractivity contribution < 1.29 is 13.2 Å². The highest BCUT2D eigenvalue weighted by Crippen LogP contribution is 2.27. The fraction of sp³-hybridized carbons (Fsp3) is 0.417. The van der Waals surface area contributed by atoms with Gasteiger partial charge in [0.05, 0.1) is 18.2 Å². The summed E-state index contributed by atoms with van der Waals surface area (Å²) in [5, 5.41) is 18.3. The number of fused-ring (bicyclic) bond motifs is 1. The van der Waals surface area contributed by atoms with Gasteiger partial charge in [-0.25, -0.2) is 12.7 Å². The predicted octanol–water partition coefficient (Wildman–Crippen LogP) is 3.02. The van der Waals surface area contributed by atoms with E-state index in [9.17, 15) is 13.7 Å². The van der Waals surface area contributed by atoms with Crippen LogP contribution in [-0.4, -0.2) is 43.1 Å². The standard InChI is InChI=1S/C24H26N4O3S/c25-9-12-32(29,30)28-10-7-19(8-11-28)18-31-24-6-5-20(13-23(24)14-26)15-27-16-21-3-1-2-4-22(21)17-27/h1-6,13,19H,7-8,10-12,15-18H2. The Kier molecular flexibility index (Phi) is 6.76. The fourth-order valence-corrected chi connectivity index (χ4v) is 5.51. The second-order valence-corrected chi connectivity index (χ2v) is 10.4. The van der Waals surface area contributed by atoms with Crippen LogP contribution >= 0.6 is 0 Å². The van der Waals surface area contributed by atoms with Crippen LogP contribution in [0, 0.1) is 28.6 Å². The van der Waals surface area contributed by atoms with Gasteiger partial charge in [-0.05, 0) is 47.6 Å². The maximum absolute atomic E-state index is 12.0. The minimum Gasteiger partial charge on any atom is -0.492 e. The first-order chi connectivity index (χ1) is 15.5. The molecule has 0 N–H and O–H groups in total. The third kappa shape index (κ3) is 5.11. The summed E-state index contributed by atoms with van der Waals surface area (Å²) in [5.41, 5.74) is 4.32. The van der Waals surface area contributed by atoms with Crippen LogP contribution in [0.3, 0.4) is 0 Å². The molecule has 7 nitrogen and oxygen atoms in total. The maximum atomic E-state index is 12.0. The van der Waals surface area contributed by atoms with Crippen LogP contribution in [0.1, 0.15) is 35.1 Å². The first-order valence-electron chi connectivity index (χ1n) is 10.8. The Morgan fingerprint density at radius 1 is 1.03 bits per heavy atom. The monoisotopic (exact) mass is 450 g/mol. The van der Waals surface area contributed by atoms with Gasteiger partial charge in [0.15, 0.2) is 5.75 Å². The van der Waals surface area contributed by atoms with Crippen LogP contribution in [0.2, 0.25) is 0 Å². The van der Waals surface area contributed by atoms with Crippen molar-refractivity contribution in [2.45, 2.75) is 32.5 Å². The Morgan fingerprint density at radius 3 is 2.34 bits per heavy atom. The molecule has 2 heterocycles. The van der Waals surface area contributed by atoms with Crippen LogP contribution in [-0.2, 0) is 29.7 Å². The number of ether oxygens (including phenoxy) is 1. The zero-order valence-electron chi connectivity index (χ0n) is 17.9. The number of rotatable bonds is 7. The smallest absolute Gasteiger partial charge is 0.227 e. The summed E-state index contributed by atoms with van der Waals surface area (Å²) in [6.45, 7) is 3.86. The molecule has 4 rings (SSSR count). The number of hydrogen-bond acceptors (Lipinski definition) is 6. The van der Waals surface area contributed by atoms with E-state index in [4.69, 9.17) is 10.00 Å². The van der Waals surface area contributed by atoms with Crippen molar-refractivity contribution in [3.8, 4) is 17.9 Å². The van der Waals surface area contributed by atoms with E-state index in [1.54, 1.807) is 6.07 Å². The highest BCUT2D eigenvalue weighted by Gasteiger charge is 2.28. The molecule has 2 aliphatic rings. The molecule has 8 heteroatoms. The molecule has 0 saturated carbocycles. The van der Waals surface area contributed by atoms with Crippen molar-refractivity contribution in [1.82, 2.24) is 9.21 Å². The molecular formula is C24H26N4O3S. The summed E-state index contributed by atoms with van der Waals surface area (Å²) in [6, 6.07) is 18.2. The van der Waals surface area contributed by atoms with Crippen LogP contribution in [0.4, 0.5) is 0 Å². The molecule has 32 heavy (non-hydrogen) atoms. The lowest BCUT2D eigenvalue weighted by Gasteiger charge is -2.30. The summed E-state index contributed by atoms with van der Waals surface area (Å²) >= 11 is 0. The van der Waals surface area contributed by atoms with Crippen molar-refractivity contribution in [3.63, 3.8) is 0 Å². The minimum atomic E-state index is -3.48.